The zero-order valence-corrected chi connectivity index (χ0v) is 21.2. The summed E-state index contributed by atoms with van der Waals surface area (Å²) in [5.74, 6) is -4.27. The summed E-state index contributed by atoms with van der Waals surface area (Å²) in [7, 11) is 0. The standard InChI is InChI=1S/C30H36F4O2/c1-3-5-22-12-8-19(17-35-22)7-9-20-11-14-25(29(33)27(20)31)26-16-15-24(28(32)30(26)34)21-10-13-23(6-4-2)36-18-21/h4,6,11,14-16,19,21-23H,3,5,7-10,12-13,17-18H2,1-2H3/b6-4+. The monoisotopic (exact) mass is 504 g/mol. The number of rotatable bonds is 8. The zero-order valence-electron chi connectivity index (χ0n) is 21.2. The van der Waals surface area contributed by atoms with E-state index in [0.29, 0.717) is 44.3 Å². The zero-order chi connectivity index (χ0) is 25.7. The van der Waals surface area contributed by atoms with E-state index >= 15 is 13.2 Å². The van der Waals surface area contributed by atoms with Crippen LogP contribution in [0.4, 0.5) is 17.6 Å². The predicted molar refractivity (Wildman–Crippen MR) is 134 cm³/mol. The number of benzene rings is 2. The summed E-state index contributed by atoms with van der Waals surface area (Å²) in [5.41, 5.74) is -0.0796. The lowest BCUT2D eigenvalue weighted by atomic mass is 9.88. The first-order chi connectivity index (χ1) is 17.4. The Morgan fingerprint density at radius 2 is 1.56 bits per heavy atom. The normalized spacial score (nSPS) is 24.9. The Morgan fingerprint density at radius 3 is 2.19 bits per heavy atom. The second-order valence-corrected chi connectivity index (χ2v) is 10.1. The third kappa shape index (κ3) is 6.03. The molecule has 36 heavy (non-hydrogen) atoms. The van der Waals surface area contributed by atoms with Crippen molar-refractivity contribution in [2.24, 2.45) is 5.92 Å². The summed E-state index contributed by atoms with van der Waals surface area (Å²) in [4.78, 5) is 0. The van der Waals surface area contributed by atoms with Crippen LogP contribution in [0.15, 0.2) is 36.4 Å². The minimum atomic E-state index is -1.16. The molecule has 6 heteroatoms. The van der Waals surface area contributed by atoms with Gasteiger partial charge in [-0.2, -0.15) is 0 Å². The largest absolute Gasteiger partial charge is 0.378 e. The summed E-state index contributed by atoms with van der Waals surface area (Å²) in [5, 5.41) is 0. The molecule has 2 heterocycles. The van der Waals surface area contributed by atoms with Gasteiger partial charge in [-0.25, -0.2) is 17.6 Å². The van der Waals surface area contributed by atoms with Crippen molar-refractivity contribution in [2.75, 3.05) is 13.2 Å². The van der Waals surface area contributed by atoms with Crippen LogP contribution in [-0.2, 0) is 15.9 Å². The first-order valence-electron chi connectivity index (χ1n) is 13.2. The van der Waals surface area contributed by atoms with Gasteiger partial charge < -0.3 is 9.47 Å². The lowest BCUT2D eigenvalue weighted by Gasteiger charge is -2.29. The van der Waals surface area contributed by atoms with E-state index in [4.69, 9.17) is 9.47 Å². The molecule has 0 radical (unpaired) electrons. The molecule has 0 bridgehead atoms. The molecule has 0 amide bonds. The van der Waals surface area contributed by atoms with Crippen LogP contribution in [0.25, 0.3) is 11.1 Å². The fraction of sp³-hybridized carbons (Fsp3) is 0.533. The first kappa shape index (κ1) is 26.9. The highest BCUT2D eigenvalue weighted by molar-refractivity contribution is 5.66. The van der Waals surface area contributed by atoms with Crippen LogP contribution >= 0.6 is 0 Å². The fourth-order valence-corrected chi connectivity index (χ4v) is 5.46. The van der Waals surface area contributed by atoms with Gasteiger partial charge in [-0.1, -0.05) is 49.8 Å². The van der Waals surface area contributed by atoms with Crippen molar-refractivity contribution < 1.29 is 27.0 Å². The van der Waals surface area contributed by atoms with Crippen LogP contribution in [0.3, 0.4) is 0 Å². The average molecular weight is 505 g/mol. The van der Waals surface area contributed by atoms with Gasteiger partial charge in [0.25, 0.3) is 0 Å². The molecule has 2 aliphatic rings. The quantitative estimate of drug-likeness (QED) is 0.266. The molecule has 2 aromatic carbocycles. The van der Waals surface area contributed by atoms with Crippen LogP contribution in [-0.4, -0.2) is 25.4 Å². The van der Waals surface area contributed by atoms with Crippen LogP contribution in [0.1, 0.15) is 75.8 Å². The topological polar surface area (TPSA) is 18.5 Å². The molecule has 2 aliphatic heterocycles. The van der Waals surface area contributed by atoms with Crippen molar-refractivity contribution in [2.45, 2.75) is 83.3 Å². The van der Waals surface area contributed by atoms with Crippen LogP contribution in [0.2, 0.25) is 0 Å². The molecule has 0 aliphatic carbocycles. The summed E-state index contributed by atoms with van der Waals surface area (Å²) in [6.07, 6.45) is 10.8. The third-order valence-electron chi connectivity index (χ3n) is 7.62. The Kier molecular flexibility index (Phi) is 9.24. The third-order valence-corrected chi connectivity index (χ3v) is 7.62. The van der Waals surface area contributed by atoms with Gasteiger partial charge in [0.1, 0.15) is 0 Å². The maximum Gasteiger partial charge on any atom is 0.167 e. The van der Waals surface area contributed by atoms with E-state index in [1.807, 2.05) is 19.1 Å². The lowest BCUT2D eigenvalue weighted by molar-refractivity contribution is -0.0218. The van der Waals surface area contributed by atoms with Gasteiger partial charge in [-0.15, -0.1) is 0 Å². The molecule has 0 N–H and O–H groups in total. The van der Waals surface area contributed by atoms with Crippen molar-refractivity contribution in [3.8, 4) is 11.1 Å². The molecule has 2 fully saturated rings. The fourth-order valence-electron chi connectivity index (χ4n) is 5.46. The number of allylic oxidation sites excluding steroid dienone is 1. The van der Waals surface area contributed by atoms with Gasteiger partial charge in [-0.05, 0) is 68.9 Å². The molecule has 4 rings (SSSR count). The molecule has 0 spiro atoms. The molecule has 4 atom stereocenters. The first-order valence-corrected chi connectivity index (χ1v) is 13.2. The maximum absolute atomic E-state index is 15.1. The van der Waals surface area contributed by atoms with Gasteiger partial charge >= 0.3 is 0 Å². The number of hydrogen-bond donors (Lipinski definition) is 0. The van der Waals surface area contributed by atoms with Gasteiger partial charge in [0.05, 0.1) is 18.8 Å². The number of halogens is 4. The summed E-state index contributed by atoms with van der Waals surface area (Å²) < 4.78 is 71.6. The Labute approximate surface area is 211 Å². The molecule has 0 aromatic heterocycles. The number of aryl methyl sites for hydroxylation is 1. The molecule has 196 valence electrons. The highest BCUT2D eigenvalue weighted by Gasteiger charge is 2.28. The Hall–Kier alpha value is -2.18. The van der Waals surface area contributed by atoms with Crippen LogP contribution < -0.4 is 0 Å². The van der Waals surface area contributed by atoms with E-state index in [-0.39, 0.29) is 40.9 Å². The van der Waals surface area contributed by atoms with E-state index in [0.717, 1.165) is 25.7 Å². The highest BCUT2D eigenvalue weighted by atomic mass is 19.2. The molecular formula is C30H36F4O2. The minimum absolute atomic E-state index is 0.0161. The van der Waals surface area contributed by atoms with Gasteiger partial charge in [0.2, 0.25) is 0 Å². The minimum Gasteiger partial charge on any atom is -0.378 e. The Morgan fingerprint density at radius 1 is 0.806 bits per heavy atom. The van der Waals surface area contributed by atoms with Gasteiger partial charge in [0, 0.05) is 23.7 Å². The van der Waals surface area contributed by atoms with Crippen LogP contribution in [0.5, 0.6) is 0 Å². The van der Waals surface area contributed by atoms with E-state index in [1.165, 1.54) is 24.3 Å². The summed E-state index contributed by atoms with van der Waals surface area (Å²) in [6.45, 7) is 4.97. The SMILES string of the molecule is C/C=C/C1CCC(c2ccc(-c3ccc(CCC4CCC(CCC)OC4)c(F)c3F)c(F)c2F)CO1. The van der Waals surface area contributed by atoms with E-state index in [9.17, 15) is 4.39 Å². The van der Waals surface area contributed by atoms with Gasteiger partial charge in [-0.3, -0.25) is 0 Å². The highest BCUT2D eigenvalue weighted by Crippen LogP contribution is 2.36. The van der Waals surface area contributed by atoms with E-state index in [2.05, 4.69) is 6.92 Å². The number of ether oxygens (including phenoxy) is 2. The second-order valence-electron chi connectivity index (χ2n) is 10.1. The Balaban J connectivity index is 1.44. The second kappa shape index (κ2) is 12.4. The molecule has 2 nitrogen and oxygen atoms in total. The molecule has 4 unspecified atom stereocenters. The predicted octanol–water partition coefficient (Wildman–Crippen LogP) is 8.28. The van der Waals surface area contributed by atoms with Crippen molar-refractivity contribution in [3.63, 3.8) is 0 Å². The molecule has 2 saturated heterocycles. The molecular weight excluding hydrogens is 468 g/mol. The summed E-state index contributed by atoms with van der Waals surface area (Å²) in [6, 6.07) is 5.65. The molecule has 2 aromatic rings. The smallest absolute Gasteiger partial charge is 0.167 e. The van der Waals surface area contributed by atoms with Crippen molar-refractivity contribution in [3.05, 3.63) is 70.8 Å². The van der Waals surface area contributed by atoms with E-state index < -0.39 is 23.3 Å². The van der Waals surface area contributed by atoms with Crippen molar-refractivity contribution in [1.29, 1.82) is 0 Å². The number of hydrogen-bond acceptors (Lipinski definition) is 2. The van der Waals surface area contributed by atoms with Crippen molar-refractivity contribution >= 4 is 0 Å². The average Bonchev–Trinajstić information content (AvgIpc) is 2.89. The van der Waals surface area contributed by atoms with E-state index in [1.54, 1.807) is 0 Å². The molecule has 0 saturated carbocycles. The van der Waals surface area contributed by atoms with Crippen molar-refractivity contribution in [1.82, 2.24) is 0 Å². The van der Waals surface area contributed by atoms with Crippen LogP contribution in [0, 0.1) is 29.2 Å². The maximum atomic E-state index is 15.1. The summed E-state index contributed by atoms with van der Waals surface area (Å²) >= 11 is 0. The lowest BCUT2D eigenvalue weighted by Crippen LogP contribution is -2.26. The van der Waals surface area contributed by atoms with Gasteiger partial charge in [0.15, 0.2) is 23.3 Å². The Bertz CT molecular complexity index is 1050.